The lowest BCUT2D eigenvalue weighted by Gasteiger charge is -2.22. The molecule has 248 valence electrons. The van der Waals surface area contributed by atoms with Crippen LogP contribution in [0.15, 0.2) is 114 Å². The highest BCUT2D eigenvalue weighted by atomic mass is 32.1. The first kappa shape index (κ1) is 30.6. The number of thiazole rings is 2. The zero-order chi connectivity index (χ0) is 33.7. The molecule has 51 heavy (non-hydrogen) atoms. The largest absolute Gasteiger partial charge is 0.460 e. The van der Waals surface area contributed by atoms with Crippen LogP contribution in [0.1, 0.15) is 70.1 Å². The average Bonchev–Trinajstić information content (AvgIpc) is 3.95. The van der Waals surface area contributed by atoms with E-state index < -0.39 is 0 Å². The van der Waals surface area contributed by atoms with Crippen molar-refractivity contribution in [3.63, 3.8) is 0 Å². The van der Waals surface area contributed by atoms with Crippen molar-refractivity contribution in [2.75, 3.05) is 0 Å². The summed E-state index contributed by atoms with van der Waals surface area (Å²) in [5.41, 5.74) is 9.69. The highest BCUT2D eigenvalue weighted by molar-refractivity contribution is 7.21. The molecular formula is C44H34N4OS2. The van der Waals surface area contributed by atoms with E-state index in [1.807, 2.05) is 17.4 Å². The Kier molecular flexibility index (Phi) is 7.69. The van der Waals surface area contributed by atoms with E-state index in [2.05, 4.69) is 115 Å². The lowest BCUT2D eigenvalue weighted by atomic mass is 9.86. The predicted molar refractivity (Wildman–Crippen MR) is 210 cm³/mol. The minimum absolute atomic E-state index is 0.208. The van der Waals surface area contributed by atoms with E-state index in [1.165, 1.54) is 25.8 Å². The van der Waals surface area contributed by atoms with E-state index in [0.717, 1.165) is 100 Å². The standard InChI is InChI=1S/C44H34N4OS2/c1-4-10-38-33(7-1)25-39(49-38)29-17-13-27(14-18-29)36-26-37(28-15-21-31(22-16-28)43-47-34-8-2-5-11-40(34)50-43)46-42(45-36)30-19-23-32(24-20-30)44-48-35-9-3-6-12-41(35)51-44/h1,3,5-7,9,11-15,17-21,23-26,28,31H,2,4,8,10,16,22H2. The molecule has 0 spiro atoms. The first-order chi connectivity index (χ1) is 25.2. The van der Waals surface area contributed by atoms with E-state index in [-0.39, 0.29) is 5.92 Å². The lowest BCUT2D eigenvalue weighted by Crippen LogP contribution is -2.09. The van der Waals surface area contributed by atoms with Crippen molar-refractivity contribution in [2.45, 2.75) is 50.4 Å². The van der Waals surface area contributed by atoms with Crippen molar-refractivity contribution in [1.29, 1.82) is 0 Å². The van der Waals surface area contributed by atoms with Gasteiger partial charge in [0.05, 0.1) is 32.2 Å². The van der Waals surface area contributed by atoms with E-state index >= 15 is 0 Å². The molecule has 0 bridgehead atoms. The van der Waals surface area contributed by atoms with E-state index in [9.17, 15) is 0 Å². The maximum Gasteiger partial charge on any atom is 0.160 e. The number of allylic oxidation sites excluding steroid dienone is 4. The molecule has 0 N–H and O–H groups in total. The van der Waals surface area contributed by atoms with Gasteiger partial charge in [-0.2, -0.15) is 0 Å². The molecule has 7 aromatic rings. The topological polar surface area (TPSA) is 64.7 Å². The minimum Gasteiger partial charge on any atom is -0.460 e. The van der Waals surface area contributed by atoms with Crippen molar-refractivity contribution in [3.05, 3.63) is 142 Å². The van der Waals surface area contributed by atoms with Crippen LogP contribution in [0.5, 0.6) is 0 Å². The van der Waals surface area contributed by atoms with Crippen LogP contribution in [-0.4, -0.2) is 19.9 Å². The summed E-state index contributed by atoms with van der Waals surface area (Å²) in [6.07, 6.45) is 19.8. The van der Waals surface area contributed by atoms with Gasteiger partial charge in [0.25, 0.3) is 0 Å². The van der Waals surface area contributed by atoms with Crippen molar-refractivity contribution in [1.82, 2.24) is 19.9 Å². The van der Waals surface area contributed by atoms with E-state index in [1.54, 1.807) is 11.3 Å². The molecule has 5 nitrogen and oxygen atoms in total. The third-order valence-electron chi connectivity index (χ3n) is 10.2. The summed E-state index contributed by atoms with van der Waals surface area (Å²) in [6.45, 7) is 0. The molecule has 3 aliphatic rings. The molecule has 0 saturated carbocycles. The number of rotatable bonds is 6. The Morgan fingerprint density at radius 3 is 2.24 bits per heavy atom. The zero-order valence-corrected chi connectivity index (χ0v) is 29.6. The number of benzene rings is 3. The van der Waals surface area contributed by atoms with Crippen molar-refractivity contribution in [3.8, 4) is 44.5 Å². The molecule has 0 aliphatic heterocycles. The van der Waals surface area contributed by atoms with E-state index in [0.29, 0.717) is 5.92 Å². The first-order valence-corrected chi connectivity index (χ1v) is 19.4. The third-order valence-corrected chi connectivity index (χ3v) is 12.5. The summed E-state index contributed by atoms with van der Waals surface area (Å²) in [7, 11) is 0. The van der Waals surface area contributed by atoms with Crippen LogP contribution in [0.4, 0.5) is 0 Å². The predicted octanol–water partition coefficient (Wildman–Crippen LogP) is 11.9. The Balaban J connectivity index is 0.984. The van der Waals surface area contributed by atoms with Crippen LogP contribution in [0.25, 0.3) is 66.9 Å². The number of fused-ring (bicyclic) bond motifs is 3. The fourth-order valence-corrected chi connectivity index (χ4v) is 9.50. The van der Waals surface area contributed by atoms with Gasteiger partial charge in [-0.1, -0.05) is 91.0 Å². The van der Waals surface area contributed by atoms with Crippen LogP contribution in [0.3, 0.4) is 0 Å². The Morgan fingerprint density at radius 1 is 0.647 bits per heavy atom. The fraction of sp³-hybridized carbons (Fsp3) is 0.182. The molecule has 2 atom stereocenters. The summed E-state index contributed by atoms with van der Waals surface area (Å²) >= 11 is 3.58. The second-order valence-corrected chi connectivity index (χ2v) is 15.6. The molecule has 0 amide bonds. The zero-order valence-electron chi connectivity index (χ0n) is 28.0. The number of furan rings is 1. The van der Waals surface area contributed by atoms with Crippen LogP contribution in [0.2, 0.25) is 0 Å². The number of aromatic nitrogens is 4. The molecule has 7 heteroatoms. The molecule has 0 saturated heterocycles. The fourth-order valence-electron chi connectivity index (χ4n) is 7.37. The van der Waals surface area contributed by atoms with Gasteiger partial charge in [-0.05, 0) is 62.4 Å². The lowest BCUT2D eigenvalue weighted by molar-refractivity contribution is 0.520. The summed E-state index contributed by atoms with van der Waals surface area (Å²) in [5.74, 6) is 3.29. The van der Waals surface area contributed by atoms with Gasteiger partial charge in [0.15, 0.2) is 5.82 Å². The SMILES string of the molecule is C1=Cc2sc(C3C=CC(c4cc(-c5ccc(-c6cc7c(o6)CCC=C7)cc5)nc(-c5ccc(-c6nc7ccccc7s6)cc5)n4)CC3)nc2CC1. The third kappa shape index (κ3) is 5.90. The first-order valence-electron chi connectivity index (χ1n) is 17.8. The second kappa shape index (κ2) is 12.8. The molecule has 0 radical (unpaired) electrons. The van der Waals surface area contributed by atoms with Crippen molar-refractivity contribution < 1.29 is 4.42 Å². The van der Waals surface area contributed by atoms with Gasteiger partial charge in [-0.3, -0.25) is 0 Å². The number of hydrogen-bond acceptors (Lipinski definition) is 7. The quantitative estimate of drug-likeness (QED) is 0.162. The summed E-state index contributed by atoms with van der Waals surface area (Å²) in [6, 6.07) is 29.8. The van der Waals surface area contributed by atoms with Gasteiger partial charge in [0.2, 0.25) is 0 Å². The maximum atomic E-state index is 6.24. The monoisotopic (exact) mass is 698 g/mol. The van der Waals surface area contributed by atoms with Crippen LogP contribution in [-0.2, 0) is 12.8 Å². The summed E-state index contributed by atoms with van der Waals surface area (Å²) < 4.78 is 7.44. The van der Waals surface area contributed by atoms with Crippen LogP contribution in [0, 0.1) is 0 Å². The molecule has 0 fully saturated rings. The van der Waals surface area contributed by atoms with Gasteiger partial charge >= 0.3 is 0 Å². The molecule has 4 aromatic heterocycles. The van der Waals surface area contributed by atoms with Gasteiger partial charge in [-0.15, -0.1) is 22.7 Å². The Morgan fingerprint density at radius 2 is 1.41 bits per heavy atom. The smallest absolute Gasteiger partial charge is 0.160 e. The van der Waals surface area contributed by atoms with Crippen LogP contribution >= 0.6 is 22.7 Å². The van der Waals surface area contributed by atoms with Gasteiger partial charge in [0, 0.05) is 46.1 Å². The van der Waals surface area contributed by atoms with E-state index in [4.69, 9.17) is 24.4 Å². The number of para-hydroxylation sites is 1. The summed E-state index contributed by atoms with van der Waals surface area (Å²) in [5, 5.41) is 2.26. The Bertz CT molecular complexity index is 2460. The van der Waals surface area contributed by atoms with Crippen LogP contribution < -0.4 is 0 Å². The normalized spacial score (nSPS) is 17.9. The average molecular weight is 699 g/mol. The van der Waals surface area contributed by atoms with Crippen molar-refractivity contribution in [2.24, 2.45) is 0 Å². The van der Waals surface area contributed by atoms with Gasteiger partial charge in [-0.25, -0.2) is 19.9 Å². The number of aryl methyl sites for hydroxylation is 2. The molecule has 3 aliphatic carbocycles. The van der Waals surface area contributed by atoms with Crippen molar-refractivity contribution >= 4 is 45.0 Å². The molecule has 10 rings (SSSR count). The molecule has 2 unspecified atom stereocenters. The molecular weight excluding hydrogens is 665 g/mol. The Labute approximate surface area is 304 Å². The molecule has 3 aromatic carbocycles. The highest BCUT2D eigenvalue weighted by Gasteiger charge is 2.25. The highest BCUT2D eigenvalue weighted by Crippen LogP contribution is 2.40. The van der Waals surface area contributed by atoms with Gasteiger partial charge in [0.1, 0.15) is 21.5 Å². The number of hydrogen-bond donors (Lipinski definition) is 0. The minimum atomic E-state index is 0.208. The summed E-state index contributed by atoms with van der Waals surface area (Å²) in [4.78, 5) is 21.6. The second-order valence-electron chi connectivity index (χ2n) is 13.6. The van der Waals surface area contributed by atoms with Gasteiger partial charge < -0.3 is 4.42 Å². The maximum absolute atomic E-state index is 6.24. The number of nitrogens with zero attached hydrogens (tertiary/aromatic N) is 4. The Hall–Kier alpha value is -5.24. The molecule has 4 heterocycles.